The molecule has 0 radical (unpaired) electrons. The van der Waals surface area contributed by atoms with E-state index in [1.165, 1.54) is 0 Å². The number of H-pyrrole nitrogens is 1. The van der Waals surface area contributed by atoms with Crippen LogP contribution in [-0.4, -0.2) is 31.2 Å². The van der Waals surface area contributed by atoms with Crippen molar-refractivity contribution in [2.45, 2.75) is 44.1 Å². The van der Waals surface area contributed by atoms with Crippen molar-refractivity contribution in [2.24, 2.45) is 5.41 Å². The number of fused-ring (bicyclic) bond motifs is 1. The first kappa shape index (κ1) is 17.2. The number of hydrogen-bond donors (Lipinski definition) is 1. The number of hydrogen-bond acceptors (Lipinski definition) is 3. The molecule has 1 heterocycles. The fourth-order valence-corrected chi connectivity index (χ4v) is 3.51. The normalized spacial score (nSPS) is 21.9. The lowest BCUT2D eigenvalue weighted by atomic mass is 10.1. The van der Waals surface area contributed by atoms with Gasteiger partial charge in [0, 0.05) is 6.04 Å². The summed E-state index contributed by atoms with van der Waals surface area (Å²) in [7, 11) is 0. The van der Waals surface area contributed by atoms with Gasteiger partial charge in [-0.1, -0.05) is 12.1 Å². The second-order valence-electron chi connectivity index (χ2n) is 6.77. The average molecular weight is 368 g/mol. The molecule has 128 valence electrons. The summed E-state index contributed by atoms with van der Waals surface area (Å²) in [5.41, 5.74) is -0.403. The first-order chi connectivity index (χ1) is 11.2. The van der Waals surface area contributed by atoms with Crippen LogP contribution in [0, 0.1) is 5.41 Å². The molecule has 1 saturated carbocycles. The van der Waals surface area contributed by atoms with Crippen LogP contribution in [-0.2, 0) is 11.3 Å². The second kappa shape index (κ2) is 5.74. The van der Waals surface area contributed by atoms with Crippen LogP contribution in [0.3, 0.4) is 0 Å². The molecule has 1 fully saturated rings. The van der Waals surface area contributed by atoms with Crippen molar-refractivity contribution in [3.8, 4) is 0 Å². The van der Waals surface area contributed by atoms with Crippen LogP contribution in [0.1, 0.15) is 33.0 Å². The van der Waals surface area contributed by atoms with Crippen LogP contribution < -0.4 is 5.56 Å². The van der Waals surface area contributed by atoms with Gasteiger partial charge in [0.15, 0.2) is 0 Å². The van der Waals surface area contributed by atoms with E-state index in [1.54, 1.807) is 30.0 Å². The fourth-order valence-electron chi connectivity index (χ4n) is 2.81. The molecule has 1 aliphatic carbocycles. The minimum atomic E-state index is -1.03. The number of para-hydroxylation sites is 1. The van der Waals surface area contributed by atoms with E-state index in [2.05, 4.69) is 9.97 Å². The Bertz CT molecular complexity index is 862. The van der Waals surface area contributed by atoms with E-state index < -0.39 is 9.75 Å². The van der Waals surface area contributed by atoms with Gasteiger partial charge in [-0.25, -0.2) is 4.98 Å². The number of rotatable bonds is 4. The number of nitrogens with one attached hydrogen (secondary N) is 1. The van der Waals surface area contributed by atoms with Crippen LogP contribution in [0.2, 0.25) is 0 Å². The Morgan fingerprint density at radius 3 is 2.58 bits per heavy atom. The monoisotopic (exact) mass is 367 g/mol. The van der Waals surface area contributed by atoms with Crippen LogP contribution in [0.4, 0.5) is 0 Å². The second-order valence-corrected chi connectivity index (χ2v) is 8.25. The van der Waals surface area contributed by atoms with Gasteiger partial charge in [-0.05, 0) is 39.3 Å². The van der Waals surface area contributed by atoms with E-state index in [-0.39, 0.29) is 24.1 Å². The van der Waals surface area contributed by atoms with Gasteiger partial charge in [0.05, 0.1) is 22.9 Å². The number of benzene rings is 1. The van der Waals surface area contributed by atoms with E-state index in [4.69, 9.17) is 23.2 Å². The highest BCUT2D eigenvalue weighted by Gasteiger charge is 2.68. The van der Waals surface area contributed by atoms with Crippen molar-refractivity contribution < 1.29 is 4.79 Å². The molecule has 1 aromatic carbocycles. The maximum atomic E-state index is 12.9. The van der Waals surface area contributed by atoms with Crippen molar-refractivity contribution >= 4 is 40.0 Å². The van der Waals surface area contributed by atoms with Gasteiger partial charge < -0.3 is 9.88 Å². The van der Waals surface area contributed by atoms with Gasteiger partial charge in [-0.3, -0.25) is 9.59 Å². The lowest BCUT2D eigenvalue weighted by Crippen LogP contribution is -2.42. The molecule has 5 nitrogen and oxygen atoms in total. The molecule has 1 amide bonds. The molecule has 0 unspecified atom stereocenters. The summed E-state index contributed by atoms with van der Waals surface area (Å²) in [6.07, 6.45) is 0.423. The zero-order valence-corrected chi connectivity index (χ0v) is 15.3. The number of alkyl halides is 2. The van der Waals surface area contributed by atoms with Crippen LogP contribution in [0.25, 0.3) is 10.9 Å². The first-order valence-corrected chi connectivity index (χ1v) is 8.58. The number of carbonyl (C=O) groups excluding carboxylic acids is 1. The van der Waals surface area contributed by atoms with Crippen molar-refractivity contribution in [2.75, 3.05) is 0 Å². The smallest absolute Gasteiger partial charge is 0.258 e. The summed E-state index contributed by atoms with van der Waals surface area (Å²) in [6.45, 7) is 5.79. The predicted octanol–water partition coefficient (Wildman–Crippen LogP) is 3.24. The Hall–Kier alpha value is -1.59. The zero-order chi connectivity index (χ0) is 17.7. The van der Waals surface area contributed by atoms with Crippen LogP contribution in [0.15, 0.2) is 29.1 Å². The standard InChI is InChI=1S/C17H19Cl2N3O2/c1-10(2)22(15(24)16(3)9-17(16,18)19)8-13-20-12-7-5-4-6-11(12)14(23)21-13/h4-7,10H,8-9H2,1-3H3,(H,20,21,23)/t16-/m1/s1. The molecule has 1 aromatic heterocycles. The van der Waals surface area contributed by atoms with E-state index in [0.717, 1.165) is 0 Å². The highest BCUT2D eigenvalue weighted by Crippen LogP contribution is 2.64. The summed E-state index contributed by atoms with van der Waals surface area (Å²) < 4.78 is -1.03. The third kappa shape index (κ3) is 2.80. The zero-order valence-electron chi connectivity index (χ0n) is 13.8. The highest BCUT2D eigenvalue weighted by molar-refractivity contribution is 6.53. The number of halogens is 2. The Morgan fingerprint density at radius 1 is 1.38 bits per heavy atom. The summed E-state index contributed by atoms with van der Waals surface area (Å²) in [4.78, 5) is 33.9. The van der Waals surface area contributed by atoms with Gasteiger partial charge in [0.1, 0.15) is 10.2 Å². The minimum Gasteiger partial charge on any atom is -0.332 e. The molecule has 24 heavy (non-hydrogen) atoms. The SMILES string of the molecule is CC(C)N(Cc1nc2ccccc2c(=O)[nH]1)C(=O)[C@@]1(C)CC1(Cl)Cl. The Labute approximate surface area is 150 Å². The molecular formula is C17H19Cl2N3O2. The third-order valence-corrected chi connectivity index (χ3v) is 5.70. The molecule has 1 aliphatic rings. The molecule has 2 aromatic rings. The van der Waals surface area contributed by atoms with E-state index in [0.29, 0.717) is 23.1 Å². The van der Waals surface area contributed by atoms with E-state index in [1.807, 2.05) is 19.9 Å². The van der Waals surface area contributed by atoms with Crippen molar-refractivity contribution in [3.05, 3.63) is 40.4 Å². The third-order valence-electron chi connectivity index (χ3n) is 4.60. The molecule has 0 aliphatic heterocycles. The van der Waals surface area contributed by atoms with Gasteiger partial charge in [-0.15, -0.1) is 23.2 Å². The lowest BCUT2D eigenvalue weighted by molar-refractivity contribution is -0.139. The number of aromatic amines is 1. The lowest BCUT2D eigenvalue weighted by Gasteiger charge is -2.29. The summed E-state index contributed by atoms with van der Waals surface area (Å²) in [5, 5.41) is 0.526. The summed E-state index contributed by atoms with van der Waals surface area (Å²) in [5.74, 6) is 0.318. The number of nitrogens with zero attached hydrogens (tertiary/aromatic N) is 2. The Balaban J connectivity index is 1.92. The van der Waals surface area contributed by atoms with Crippen molar-refractivity contribution in [1.82, 2.24) is 14.9 Å². The molecule has 1 atom stereocenters. The van der Waals surface area contributed by atoms with Gasteiger partial charge in [0.25, 0.3) is 5.56 Å². The molecule has 0 bridgehead atoms. The topological polar surface area (TPSA) is 66.1 Å². The number of amides is 1. The number of carbonyl (C=O) groups is 1. The van der Waals surface area contributed by atoms with Crippen molar-refractivity contribution in [1.29, 1.82) is 0 Å². The van der Waals surface area contributed by atoms with Crippen LogP contribution >= 0.6 is 23.2 Å². The van der Waals surface area contributed by atoms with Crippen LogP contribution in [0.5, 0.6) is 0 Å². The molecule has 0 spiro atoms. The van der Waals surface area contributed by atoms with E-state index >= 15 is 0 Å². The maximum absolute atomic E-state index is 12.9. The number of aromatic nitrogens is 2. The highest BCUT2D eigenvalue weighted by atomic mass is 35.5. The van der Waals surface area contributed by atoms with Gasteiger partial charge in [-0.2, -0.15) is 0 Å². The average Bonchev–Trinajstić information content (AvgIpc) is 3.03. The first-order valence-electron chi connectivity index (χ1n) is 7.82. The molecular weight excluding hydrogens is 349 g/mol. The minimum absolute atomic E-state index is 0.0733. The van der Waals surface area contributed by atoms with Gasteiger partial charge in [0.2, 0.25) is 5.91 Å². The largest absolute Gasteiger partial charge is 0.332 e. The Kier molecular flexibility index (Phi) is 4.12. The fraction of sp³-hybridized carbons (Fsp3) is 0.471. The Morgan fingerprint density at radius 2 is 2.00 bits per heavy atom. The quantitative estimate of drug-likeness (QED) is 0.843. The summed E-state index contributed by atoms with van der Waals surface area (Å²) >= 11 is 12.3. The maximum Gasteiger partial charge on any atom is 0.258 e. The molecule has 7 heteroatoms. The molecule has 3 rings (SSSR count). The molecule has 0 saturated heterocycles. The summed E-state index contributed by atoms with van der Waals surface area (Å²) in [6, 6.07) is 7.04. The van der Waals surface area contributed by atoms with Crippen molar-refractivity contribution in [3.63, 3.8) is 0 Å². The van der Waals surface area contributed by atoms with Gasteiger partial charge >= 0.3 is 0 Å². The van der Waals surface area contributed by atoms with E-state index in [9.17, 15) is 9.59 Å². The molecule has 1 N–H and O–H groups in total. The predicted molar refractivity (Wildman–Crippen MR) is 95.2 cm³/mol.